The fourth-order valence-corrected chi connectivity index (χ4v) is 4.34. The minimum absolute atomic E-state index is 0.839. The van der Waals surface area contributed by atoms with E-state index in [-0.39, 0.29) is 0 Å². The molecular weight excluding hydrogens is 304 g/mol. The first-order valence-electron chi connectivity index (χ1n) is 8.30. The van der Waals surface area contributed by atoms with Crippen molar-refractivity contribution in [2.24, 2.45) is 5.92 Å². The molecule has 1 aliphatic rings. The van der Waals surface area contributed by atoms with E-state index >= 15 is 0 Å². The third-order valence-corrected chi connectivity index (χ3v) is 5.70. The van der Waals surface area contributed by atoms with E-state index in [1.54, 1.807) is 11.3 Å². The van der Waals surface area contributed by atoms with Crippen molar-refractivity contribution in [3.05, 3.63) is 35.7 Å². The predicted molar refractivity (Wildman–Crippen MR) is 96.8 cm³/mol. The minimum atomic E-state index is 0.839. The lowest BCUT2D eigenvalue weighted by Gasteiger charge is -2.32. The van der Waals surface area contributed by atoms with Crippen molar-refractivity contribution in [2.45, 2.75) is 33.6 Å². The molecule has 4 nitrogen and oxygen atoms in total. The van der Waals surface area contributed by atoms with Crippen molar-refractivity contribution >= 4 is 27.2 Å². The van der Waals surface area contributed by atoms with Crippen LogP contribution in [-0.4, -0.2) is 27.9 Å². The van der Waals surface area contributed by atoms with Gasteiger partial charge in [0.1, 0.15) is 5.52 Å². The van der Waals surface area contributed by atoms with E-state index in [4.69, 9.17) is 4.98 Å². The predicted octanol–water partition coefficient (Wildman–Crippen LogP) is 4.34. The number of aromatic nitrogens is 3. The number of nitrogens with zero attached hydrogens (tertiary/aromatic N) is 4. The summed E-state index contributed by atoms with van der Waals surface area (Å²) in [6, 6.07) is 8.62. The lowest BCUT2D eigenvalue weighted by atomic mass is 9.99. The third-order valence-electron chi connectivity index (χ3n) is 4.70. The topological polar surface area (TPSA) is 34.0 Å². The summed E-state index contributed by atoms with van der Waals surface area (Å²) in [6.07, 6.45) is 2.54. The summed E-state index contributed by atoms with van der Waals surface area (Å²) < 4.78 is 3.20. The van der Waals surface area contributed by atoms with Gasteiger partial charge in [0, 0.05) is 18.8 Å². The maximum Gasteiger partial charge on any atom is 0.211 e. The largest absolute Gasteiger partial charge is 0.370 e. The van der Waals surface area contributed by atoms with Crippen molar-refractivity contribution < 1.29 is 0 Å². The normalized spacial score (nSPS) is 16.4. The molecule has 3 heterocycles. The molecule has 120 valence electrons. The van der Waals surface area contributed by atoms with Crippen LogP contribution in [-0.2, 0) is 0 Å². The van der Waals surface area contributed by atoms with Gasteiger partial charge in [-0.3, -0.25) is 0 Å². The number of aryl methyl sites for hydroxylation is 2. The second kappa shape index (κ2) is 5.64. The van der Waals surface area contributed by atoms with E-state index < -0.39 is 0 Å². The molecule has 23 heavy (non-hydrogen) atoms. The molecule has 0 unspecified atom stereocenters. The molecule has 0 saturated carbocycles. The van der Waals surface area contributed by atoms with Gasteiger partial charge in [0.05, 0.1) is 16.1 Å². The zero-order chi connectivity index (χ0) is 16.0. The Hall–Kier alpha value is -1.88. The first-order valence-corrected chi connectivity index (χ1v) is 9.11. The second-order valence-electron chi connectivity index (χ2n) is 6.63. The molecule has 4 rings (SSSR count). The maximum absolute atomic E-state index is 4.93. The van der Waals surface area contributed by atoms with Gasteiger partial charge in [0.15, 0.2) is 0 Å². The quantitative estimate of drug-likeness (QED) is 0.702. The molecule has 1 saturated heterocycles. The summed E-state index contributed by atoms with van der Waals surface area (Å²) in [7, 11) is 0. The van der Waals surface area contributed by atoms with Crippen molar-refractivity contribution in [1.82, 2.24) is 14.8 Å². The minimum Gasteiger partial charge on any atom is -0.370 e. The van der Waals surface area contributed by atoms with Crippen LogP contribution in [0.5, 0.6) is 0 Å². The summed E-state index contributed by atoms with van der Waals surface area (Å²) in [4.78, 5) is 7.42. The maximum atomic E-state index is 4.93. The van der Waals surface area contributed by atoms with E-state index in [1.165, 1.54) is 23.2 Å². The molecule has 1 fully saturated rings. The molecule has 2 aromatic heterocycles. The van der Waals surface area contributed by atoms with Gasteiger partial charge >= 0.3 is 0 Å². The van der Waals surface area contributed by atoms with E-state index in [1.807, 2.05) is 11.6 Å². The van der Waals surface area contributed by atoms with Crippen LogP contribution >= 0.6 is 11.3 Å². The number of benzene rings is 1. The standard InChI is InChI=1S/C18H22N4S/c1-12-7-9-21(10-8-12)15-5-4-6-16-17(15)19-18(23-16)22-14(3)11-13(2)20-22/h4-6,11-12H,7-10H2,1-3H3. The summed E-state index contributed by atoms with van der Waals surface area (Å²) in [5, 5.41) is 5.54. The van der Waals surface area contributed by atoms with Crippen molar-refractivity contribution in [1.29, 1.82) is 0 Å². The van der Waals surface area contributed by atoms with E-state index in [2.05, 4.69) is 48.1 Å². The van der Waals surface area contributed by atoms with Crippen LogP contribution in [0.2, 0.25) is 0 Å². The number of rotatable bonds is 2. The fourth-order valence-electron chi connectivity index (χ4n) is 3.34. The Kier molecular flexibility index (Phi) is 3.60. The number of hydrogen-bond acceptors (Lipinski definition) is 4. The van der Waals surface area contributed by atoms with E-state index in [9.17, 15) is 0 Å². The van der Waals surface area contributed by atoms with Gasteiger partial charge in [-0.1, -0.05) is 24.3 Å². The Morgan fingerprint density at radius 3 is 2.65 bits per heavy atom. The van der Waals surface area contributed by atoms with E-state index in [0.717, 1.165) is 41.0 Å². The lowest BCUT2D eigenvalue weighted by molar-refractivity contribution is 0.439. The Morgan fingerprint density at radius 1 is 1.17 bits per heavy atom. The van der Waals surface area contributed by atoms with Crippen LogP contribution in [0.25, 0.3) is 15.3 Å². The third kappa shape index (κ3) is 2.63. The molecule has 5 heteroatoms. The lowest BCUT2D eigenvalue weighted by Crippen LogP contribution is -2.32. The Morgan fingerprint density at radius 2 is 1.96 bits per heavy atom. The first kappa shape index (κ1) is 14.7. The summed E-state index contributed by atoms with van der Waals surface area (Å²) in [6.45, 7) is 8.72. The van der Waals surface area contributed by atoms with Gasteiger partial charge in [0.25, 0.3) is 0 Å². The Labute approximate surface area is 140 Å². The van der Waals surface area contributed by atoms with Crippen LogP contribution < -0.4 is 4.90 Å². The molecule has 3 aromatic rings. The van der Waals surface area contributed by atoms with Crippen LogP contribution in [0.1, 0.15) is 31.2 Å². The Bertz CT molecular complexity index is 840. The van der Waals surface area contributed by atoms with Gasteiger partial charge in [0.2, 0.25) is 5.13 Å². The molecule has 1 aliphatic heterocycles. The smallest absolute Gasteiger partial charge is 0.211 e. The van der Waals surface area contributed by atoms with Gasteiger partial charge < -0.3 is 4.90 Å². The number of hydrogen-bond donors (Lipinski definition) is 0. The highest BCUT2D eigenvalue weighted by Gasteiger charge is 2.20. The van der Waals surface area contributed by atoms with Gasteiger partial charge in [-0.25, -0.2) is 9.67 Å². The highest BCUT2D eigenvalue weighted by atomic mass is 32.1. The highest BCUT2D eigenvalue weighted by Crippen LogP contribution is 2.34. The molecular formula is C18H22N4S. The summed E-state index contributed by atoms with van der Waals surface area (Å²) in [5.74, 6) is 0.839. The number of para-hydroxylation sites is 1. The van der Waals surface area contributed by atoms with Crippen LogP contribution in [0.15, 0.2) is 24.3 Å². The number of anilines is 1. The molecule has 0 bridgehead atoms. The molecule has 1 aromatic carbocycles. The average molecular weight is 326 g/mol. The molecule has 0 atom stereocenters. The SMILES string of the molecule is Cc1cc(C)n(-c2nc3c(N4CCC(C)CC4)cccc3s2)n1. The zero-order valence-corrected chi connectivity index (χ0v) is 14.7. The Balaban J connectivity index is 1.77. The molecule has 0 amide bonds. The van der Waals surface area contributed by atoms with Gasteiger partial charge in [-0.05, 0) is 50.8 Å². The number of fused-ring (bicyclic) bond motifs is 1. The van der Waals surface area contributed by atoms with Crippen molar-refractivity contribution in [2.75, 3.05) is 18.0 Å². The number of piperidine rings is 1. The van der Waals surface area contributed by atoms with Gasteiger partial charge in [-0.2, -0.15) is 5.10 Å². The van der Waals surface area contributed by atoms with Crippen LogP contribution in [0.3, 0.4) is 0 Å². The molecule has 0 radical (unpaired) electrons. The second-order valence-corrected chi connectivity index (χ2v) is 7.64. The summed E-state index contributed by atoms with van der Waals surface area (Å²) in [5.41, 5.74) is 4.56. The van der Waals surface area contributed by atoms with Crippen LogP contribution in [0, 0.1) is 19.8 Å². The molecule has 0 spiro atoms. The first-order chi connectivity index (χ1) is 11.1. The monoisotopic (exact) mass is 326 g/mol. The summed E-state index contributed by atoms with van der Waals surface area (Å²) >= 11 is 1.72. The molecule has 0 aliphatic carbocycles. The zero-order valence-electron chi connectivity index (χ0n) is 13.9. The number of thiazole rings is 1. The molecule has 0 N–H and O–H groups in total. The fraction of sp³-hybridized carbons (Fsp3) is 0.444. The average Bonchev–Trinajstić information content (AvgIpc) is 3.10. The van der Waals surface area contributed by atoms with Crippen molar-refractivity contribution in [3.8, 4) is 5.13 Å². The van der Waals surface area contributed by atoms with Crippen LogP contribution in [0.4, 0.5) is 5.69 Å². The van der Waals surface area contributed by atoms with Gasteiger partial charge in [-0.15, -0.1) is 0 Å². The van der Waals surface area contributed by atoms with Crippen molar-refractivity contribution in [3.63, 3.8) is 0 Å². The highest BCUT2D eigenvalue weighted by molar-refractivity contribution is 7.20. The van der Waals surface area contributed by atoms with E-state index in [0.29, 0.717) is 0 Å².